The number of piperidine rings is 2. The first-order chi connectivity index (χ1) is 13.6. The van der Waals surface area contributed by atoms with E-state index >= 15 is 0 Å². The van der Waals surface area contributed by atoms with Crippen LogP contribution in [0.25, 0.3) is 0 Å². The highest BCUT2D eigenvalue weighted by Gasteiger charge is 2.43. The quantitative estimate of drug-likeness (QED) is 0.808. The Labute approximate surface area is 168 Å². The number of hydrogen-bond acceptors (Lipinski definition) is 4. The zero-order valence-electron chi connectivity index (χ0n) is 17.0. The van der Waals surface area contributed by atoms with Crippen molar-refractivity contribution in [1.29, 1.82) is 0 Å². The molecule has 28 heavy (non-hydrogen) atoms. The van der Waals surface area contributed by atoms with E-state index in [2.05, 4.69) is 22.4 Å². The number of ether oxygens (including phenoxy) is 1. The summed E-state index contributed by atoms with van der Waals surface area (Å²) in [4.78, 5) is 28.6. The first-order valence-electron chi connectivity index (χ1n) is 10.9. The predicted octanol–water partition coefficient (Wildman–Crippen LogP) is 3.06. The molecule has 0 aromatic rings. The Morgan fingerprint density at radius 3 is 2.71 bits per heavy atom. The molecule has 1 spiro atoms. The Balaban J connectivity index is 1.30. The van der Waals surface area contributed by atoms with E-state index in [1.54, 1.807) is 0 Å². The van der Waals surface area contributed by atoms with E-state index in [-0.39, 0.29) is 17.4 Å². The second-order valence-electron chi connectivity index (χ2n) is 8.77. The number of allylic oxidation sites excluding steroid dienone is 4. The number of fused-ring (bicyclic) bond motifs is 1. The number of nitrogens with one attached hydrogen (secondary N) is 1. The standard InChI is InChI=1S/C22H33N3O3/c1-2-28-21(27)25-11-7-17(8-12-25)16-24-13-9-22(10-14-24)15-20(26)23-19-6-4-3-5-18(19)22/h3,5,17H,2,4,6-16H2,1H3,(H,23,26). The lowest BCUT2D eigenvalue weighted by Crippen LogP contribution is -2.49. The third-order valence-corrected chi connectivity index (χ3v) is 7.00. The van der Waals surface area contributed by atoms with Crippen molar-refractivity contribution in [1.82, 2.24) is 15.1 Å². The Morgan fingerprint density at radius 1 is 1.25 bits per heavy atom. The molecule has 1 N–H and O–H groups in total. The molecule has 154 valence electrons. The van der Waals surface area contributed by atoms with Crippen LogP contribution in [-0.2, 0) is 9.53 Å². The smallest absolute Gasteiger partial charge is 0.409 e. The maximum absolute atomic E-state index is 12.3. The molecule has 0 atom stereocenters. The van der Waals surface area contributed by atoms with Gasteiger partial charge in [-0.05, 0) is 70.0 Å². The van der Waals surface area contributed by atoms with E-state index in [1.165, 1.54) is 11.3 Å². The number of rotatable bonds is 3. The van der Waals surface area contributed by atoms with Crippen molar-refractivity contribution >= 4 is 12.0 Å². The molecule has 3 heterocycles. The fourth-order valence-electron chi connectivity index (χ4n) is 5.39. The molecular formula is C22H33N3O3. The van der Waals surface area contributed by atoms with Crippen LogP contribution in [0.1, 0.15) is 51.9 Å². The molecule has 0 unspecified atom stereocenters. The second-order valence-corrected chi connectivity index (χ2v) is 8.77. The van der Waals surface area contributed by atoms with E-state index < -0.39 is 0 Å². The van der Waals surface area contributed by atoms with Crippen molar-refractivity contribution in [3.05, 3.63) is 23.4 Å². The molecule has 6 heteroatoms. The summed E-state index contributed by atoms with van der Waals surface area (Å²) in [6.07, 6.45) is 11.3. The molecule has 2 fully saturated rings. The van der Waals surface area contributed by atoms with Gasteiger partial charge in [-0.25, -0.2) is 4.79 Å². The van der Waals surface area contributed by atoms with Crippen LogP contribution < -0.4 is 5.32 Å². The predicted molar refractivity (Wildman–Crippen MR) is 108 cm³/mol. The van der Waals surface area contributed by atoms with Gasteiger partial charge in [0.1, 0.15) is 0 Å². The summed E-state index contributed by atoms with van der Waals surface area (Å²) in [7, 11) is 0. The topological polar surface area (TPSA) is 61.9 Å². The van der Waals surface area contributed by atoms with Gasteiger partial charge in [0.05, 0.1) is 6.61 Å². The zero-order chi connectivity index (χ0) is 19.6. The molecule has 1 aliphatic carbocycles. The fourth-order valence-corrected chi connectivity index (χ4v) is 5.39. The van der Waals surface area contributed by atoms with Gasteiger partial charge in [-0.1, -0.05) is 12.2 Å². The van der Waals surface area contributed by atoms with E-state index in [9.17, 15) is 9.59 Å². The van der Waals surface area contributed by atoms with Gasteiger partial charge >= 0.3 is 6.09 Å². The summed E-state index contributed by atoms with van der Waals surface area (Å²) in [5, 5.41) is 3.12. The highest BCUT2D eigenvalue weighted by Crippen LogP contribution is 2.47. The van der Waals surface area contributed by atoms with Crippen LogP contribution in [-0.4, -0.2) is 61.1 Å². The van der Waals surface area contributed by atoms with Gasteiger partial charge in [0, 0.05) is 37.2 Å². The first-order valence-corrected chi connectivity index (χ1v) is 10.9. The summed E-state index contributed by atoms with van der Waals surface area (Å²) >= 11 is 0. The van der Waals surface area contributed by atoms with Gasteiger partial charge in [-0.2, -0.15) is 0 Å². The lowest BCUT2D eigenvalue weighted by Gasteiger charge is -2.47. The monoisotopic (exact) mass is 387 g/mol. The second kappa shape index (κ2) is 8.27. The first kappa shape index (κ1) is 19.5. The van der Waals surface area contributed by atoms with Crippen molar-refractivity contribution in [2.45, 2.75) is 51.9 Å². The molecular weight excluding hydrogens is 354 g/mol. The van der Waals surface area contributed by atoms with Crippen LogP contribution in [0.4, 0.5) is 4.79 Å². The molecule has 2 saturated heterocycles. The van der Waals surface area contributed by atoms with E-state index in [0.29, 0.717) is 18.9 Å². The molecule has 0 bridgehead atoms. The lowest BCUT2D eigenvalue weighted by molar-refractivity contribution is -0.123. The molecule has 4 rings (SSSR count). The van der Waals surface area contributed by atoms with Crippen molar-refractivity contribution in [2.24, 2.45) is 11.3 Å². The number of nitrogens with zero attached hydrogens (tertiary/aromatic N) is 2. The molecule has 0 radical (unpaired) electrons. The molecule has 0 aromatic heterocycles. The highest BCUT2D eigenvalue weighted by atomic mass is 16.6. The molecule has 0 saturated carbocycles. The minimum atomic E-state index is -0.166. The summed E-state index contributed by atoms with van der Waals surface area (Å²) in [6.45, 7) is 7.16. The van der Waals surface area contributed by atoms with Gasteiger partial charge < -0.3 is 19.9 Å². The van der Waals surface area contributed by atoms with Gasteiger partial charge in [0.25, 0.3) is 0 Å². The third-order valence-electron chi connectivity index (χ3n) is 7.00. The summed E-state index contributed by atoms with van der Waals surface area (Å²) in [5.41, 5.74) is 2.64. The maximum atomic E-state index is 12.3. The summed E-state index contributed by atoms with van der Waals surface area (Å²) in [6, 6.07) is 0. The molecule has 3 aliphatic heterocycles. The minimum absolute atomic E-state index is 0.0539. The fraction of sp³-hybridized carbons (Fsp3) is 0.727. The van der Waals surface area contributed by atoms with Gasteiger partial charge in [0.15, 0.2) is 0 Å². The number of carbonyl (C=O) groups excluding carboxylic acids is 2. The van der Waals surface area contributed by atoms with Crippen LogP contribution in [0.3, 0.4) is 0 Å². The Hall–Kier alpha value is -1.82. The van der Waals surface area contributed by atoms with Gasteiger partial charge in [-0.3, -0.25) is 4.79 Å². The number of amides is 2. The molecule has 0 aromatic carbocycles. The molecule has 2 amide bonds. The Bertz CT molecular complexity index is 669. The van der Waals surface area contributed by atoms with Crippen LogP contribution in [0.15, 0.2) is 23.4 Å². The number of likely N-dealkylation sites (tertiary alicyclic amines) is 2. The van der Waals surface area contributed by atoms with Gasteiger partial charge in [-0.15, -0.1) is 0 Å². The normalized spacial score (nSPS) is 25.6. The van der Waals surface area contributed by atoms with E-state index in [4.69, 9.17) is 4.74 Å². The van der Waals surface area contributed by atoms with Crippen molar-refractivity contribution in [3.8, 4) is 0 Å². The average molecular weight is 388 g/mol. The van der Waals surface area contributed by atoms with E-state index in [0.717, 1.165) is 71.2 Å². The van der Waals surface area contributed by atoms with Crippen molar-refractivity contribution in [3.63, 3.8) is 0 Å². The summed E-state index contributed by atoms with van der Waals surface area (Å²) in [5.74, 6) is 0.854. The zero-order valence-corrected chi connectivity index (χ0v) is 17.0. The van der Waals surface area contributed by atoms with Crippen molar-refractivity contribution in [2.75, 3.05) is 39.3 Å². The Morgan fingerprint density at radius 2 is 2.00 bits per heavy atom. The van der Waals surface area contributed by atoms with Crippen LogP contribution in [0.2, 0.25) is 0 Å². The van der Waals surface area contributed by atoms with Crippen LogP contribution in [0, 0.1) is 11.3 Å². The molecule has 6 nitrogen and oxygen atoms in total. The number of hydrogen-bond donors (Lipinski definition) is 1. The van der Waals surface area contributed by atoms with E-state index in [1.807, 2.05) is 11.8 Å². The Kier molecular flexibility index (Phi) is 5.76. The maximum Gasteiger partial charge on any atom is 0.409 e. The highest BCUT2D eigenvalue weighted by molar-refractivity contribution is 5.81. The SMILES string of the molecule is CCOC(=O)N1CCC(CN2CCC3(CC2)CC(=O)NC2=C3C=CCC2)CC1. The van der Waals surface area contributed by atoms with Crippen LogP contribution >= 0.6 is 0 Å². The minimum Gasteiger partial charge on any atom is -0.450 e. The van der Waals surface area contributed by atoms with Gasteiger partial charge in [0.2, 0.25) is 5.91 Å². The average Bonchev–Trinajstić information content (AvgIpc) is 2.70. The largest absolute Gasteiger partial charge is 0.450 e. The lowest BCUT2D eigenvalue weighted by atomic mass is 9.66. The third kappa shape index (κ3) is 3.97. The van der Waals surface area contributed by atoms with Crippen molar-refractivity contribution < 1.29 is 14.3 Å². The summed E-state index contributed by atoms with van der Waals surface area (Å²) < 4.78 is 5.12. The van der Waals surface area contributed by atoms with Crippen LogP contribution in [0.5, 0.6) is 0 Å². The molecule has 4 aliphatic rings. The number of carbonyl (C=O) groups is 2.